The largest absolute Gasteiger partial charge is 0.355 e. The van der Waals surface area contributed by atoms with E-state index >= 15 is 0 Å². The molecule has 0 bridgehead atoms. The molecular weight excluding hydrogens is 282 g/mol. The molecule has 1 N–H and O–H groups in total. The molecule has 21 heavy (non-hydrogen) atoms. The number of H-pyrrole nitrogens is 1. The van der Waals surface area contributed by atoms with Crippen LogP contribution in [0.1, 0.15) is 46.0 Å². The molecule has 1 aromatic heterocycles. The van der Waals surface area contributed by atoms with Gasteiger partial charge in [0.15, 0.2) is 11.6 Å². The lowest BCUT2D eigenvalue weighted by molar-refractivity contribution is 0.0988. The van der Waals surface area contributed by atoms with Crippen LogP contribution < -0.4 is 0 Å². The second kappa shape index (κ2) is 6.31. The van der Waals surface area contributed by atoms with Crippen molar-refractivity contribution < 1.29 is 9.59 Å². The fraction of sp³-hybridized carbons (Fsp3) is 0.294. The first-order chi connectivity index (χ1) is 9.91. The van der Waals surface area contributed by atoms with Crippen LogP contribution in [0.2, 0.25) is 0 Å². The van der Waals surface area contributed by atoms with Gasteiger partial charge in [-0.2, -0.15) is 0 Å². The number of rotatable bonds is 5. The third-order valence-corrected chi connectivity index (χ3v) is 4.57. The topological polar surface area (TPSA) is 49.9 Å². The molecule has 0 aliphatic heterocycles. The summed E-state index contributed by atoms with van der Waals surface area (Å²) in [5.41, 5.74) is 2.70. The van der Waals surface area contributed by atoms with Crippen LogP contribution in [-0.2, 0) is 0 Å². The molecule has 0 fully saturated rings. The Hall–Kier alpha value is -1.81. The van der Waals surface area contributed by atoms with E-state index in [0.29, 0.717) is 11.3 Å². The average molecular weight is 301 g/mol. The minimum atomic E-state index is -0.205. The summed E-state index contributed by atoms with van der Waals surface area (Å²) in [5, 5.41) is -0.205. The molecule has 2 rings (SSSR count). The van der Waals surface area contributed by atoms with Gasteiger partial charge >= 0.3 is 0 Å². The number of ketones is 2. The Balaban J connectivity index is 2.24. The van der Waals surface area contributed by atoms with E-state index in [1.165, 1.54) is 18.7 Å². The number of aromatic amines is 1. The van der Waals surface area contributed by atoms with Crippen LogP contribution >= 0.6 is 11.8 Å². The molecule has 0 radical (unpaired) electrons. The Morgan fingerprint density at radius 3 is 2.29 bits per heavy atom. The number of nitrogens with one attached hydrogen (secondary N) is 1. The standard InChI is InChI=1S/C17H19NO2S/c1-10-15(12(3)19)11(2)18-16(10)17(20)13(4)21-14-8-6-5-7-9-14/h5-9,13,18H,1-4H3. The van der Waals surface area contributed by atoms with Gasteiger partial charge in [-0.3, -0.25) is 9.59 Å². The molecule has 0 saturated carbocycles. The van der Waals surface area contributed by atoms with E-state index in [1.807, 2.05) is 51.1 Å². The highest BCUT2D eigenvalue weighted by molar-refractivity contribution is 8.00. The Kier molecular flexibility index (Phi) is 4.68. The van der Waals surface area contributed by atoms with Gasteiger partial charge in [0.25, 0.3) is 0 Å². The maximum atomic E-state index is 12.6. The number of aromatic nitrogens is 1. The fourth-order valence-corrected chi connectivity index (χ4v) is 3.43. The molecule has 2 aromatic rings. The summed E-state index contributed by atoms with van der Waals surface area (Å²) >= 11 is 1.52. The molecular formula is C17H19NO2S. The molecule has 4 heteroatoms. The number of benzene rings is 1. The van der Waals surface area contributed by atoms with Crippen molar-refractivity contribution in [1.29, 1.82) is 0 Å². The molecule has 3 nitrogen and oxygen atoms in total. The highest BCUT2D eigenvalue weighted by atomic mass is 32.2. The number of hydrogen-bond donors (Lipinski definition) is 1. The van der Waals surface area contributed by atoms with Gasteiger partial charge < -0.3 is 4.98 Å². The second-order valence-electron chi connectivity index (χ2n) is 5.12. The van der Waals surface area contributed by atoms with Gasteiger partial charge in [0, 0.05) is 16.2 Å². The van der Waals surface area contributed by atoms with Crippen LogP contribution in [0.5, 0.6) is 0 Å². The summed E-state index contributed by atoms with van der Waals surface area (Å²) in [6.07, 6.45) is 0. The van der Waals surface area contributed by atoms with Crippen LogP contribution in [0.15, 0.2) is 35.2 Å². The van der Waals surface area contributed by atoms with E-state index in [1.54, 1.807) is 0 Å². The van der Waals surface area contributed by atoms with Crippen LogP contribution in [0, 0.1) is 13.8 Å². The van der Waals surface area contributed by atoms with Crippen LogP contribution in [0.3, 0.4) is 0 Å². The molecule has 1 atom stereocenters. The van der Waals surface area contributed by atoms with E-state index in [2.05, 4.69) is 4.98 Å². The smallest absolute Gasteiger partial charge is 0.192 e. The predicted octanol–water partition coefficient (Wildman–Crippen LogP) is 4.20. The SMILES string of the molecule is CC(=O)c1c(C)[nH]c(C(=O)C(C)Sc2ccccc2)c1C. The average Bonchev–Trinajstić information content (AvgIpc) is 2.74. The summed E-state index contributed by atoms with van der Waals surface area (Å²) < 4.78 is 0. The fourth-order valence-electron chi connectivity index (χ4n) is 2.48. The zero-order valence-corrected chi connectivity index (χ0v) is 13.5. The van der Waals surface area contributed by atoms with Gasteiger partial charge in [-0.25, -0.2) is 0 Å². The summed E-state index contributed by atoms with van der Waals surface area (Å²) in [5.74, 6) is 0.0145. The highest BCUT2D eigenvalue weighted by Gasteiger charge is 2.24. The monoisotopic (exact) mass is 301 g/mol. The number of thioether (sulfide) groups is 1. The third kappa shape index (κ3) is 3.27. The molecule has 1 unspecified atom stereocenters. The van der Waals surface area contributed by atoms with Gasteiger partial charge in [-0.05, 0) is 45.4 Å². The number of hydrogen-bond acceptors (Lipinski definition) is 3. The predicted molar refractivity (Wildman–Crippen MR) is 86.4 cm³/mol. The maximum absolute atomic E-state index is 12.6. The number of carbonyl (C=O) groups is 2. The Labute approximate surface area is 129 Å². The summed E-state index contributed by atoms with van der Waals surface area (Å²) in [6.45, 7) is 7.07. The van der Waals surface area contributed by atoms with E-state index in [9.17, 15) is 9.59 Å². The number of carbonyl (C=O) groups excluding carboxylic acids is 2. The van der Waals surface area contributed by atoms with Crippen LogP contribution in [-0.4, -0.2) is 21.8 Å². The van der Waals surface area contributed by atoms with Crippen molar-refractivity contribution in [1.82, 2.24) is 4.98 Å². The Morgan fingerprint density at radius 2 is 1.76 bits per heavy atom. The normalized spacial score (nSPS) is 12.2. The van der Waals surface area contributed by atoms with Crippen molar-refractivity contribution in [2.24, 2.45) is 0 Å². The minimum absolute atomic E-state index is 0.0105. The highest BCUT2D eigenvalue weighted by Crippen LogP contribution is 2.27. The van der Waals surface area contributed by atoms with Gasteiger partial charge in [-0.15, -0.1) is 11.8 Å². The second-order valence-corrected chi connectivity index (χ2v) is 6.53. The first kappa shape index (κ1) is 15.6. The Bertz CT molecular complexity index is 674. The number of aryl methyl sites for hydroxylation is 1. The first-order valence-electron chi connectivity index (χ1n) is 6.87. The van der Waals surface area contributed by atoms with Crippen molar-refractivity contribution in [3.8, 4) is 0 Å². The third-order valence-electron chi connectivity index (χ3n) is 3.46. The van der Waals surface area contributed by atoms with Crippen molar-refractivity contribution in [2.45, 2.75) is 37.8 Å². The van der Waals surface area contributed by atoms with E-state index < -0.39 is 0 Å². The molecule has 0 saturated heterocycles. The lowest BCUT2D eigenvalue weighted by Gasteiger charge is -2.10. The molecule has 110 valence electrons. The molecule has 0 aliphatic rings. The quantitative estimate of drug-likeness (QED) is 0.665. The van der Waals surface area contributed by atoms with Gasteiger partial charge in [0.1, 0.15) is 0 Å². The van der Waals surface area contributed by atoms with E-state index in [0.717, 1.165) is 16.2 Å². The summed E-state index contributed by atoms with van der Waals surface area (Å²) in [7, 11) is 0. The lowest BCUT2D eigenvalue weighted by Crippen LogP contribution is -2.15. The lowest BCUT2D eigenvalue weighted by atomic mass is 10.0. The van der Waals surface area contributed by atoms with E-state index in [-0.39, 0.29) is 16.8 Å². The molecule has 0 spiro atoms. The van der Waals surface area contributed by atoms with Gasteiger partial charge in [0.2, 0.25) is 0 Å². The van der Waals surface area contributed by atoms with Crippen molar-refractivity contribution >= 4 is 23.3 Å². The van der Waals surface area contributed by atoms with Crippen molar-refractivity contribution in [2.75, 3.05) is 0 Å². The summed E-state index contributed by atoms with van der Waals surface area (Å²) in [6, 6.07) is 9.84. The van der Waals surface area contributed by atoms with Gasteiger partial charge in [-0.1, -0.05) is 18.2 Å². The van der Waals surface area contributed by atoms with Crippen LogP contribution in [0.4, 0.5) is 0 Å². The molecule has 0 amide bonds. The van der Waals surface area contributed by atoms with Crippen LogP contribution in [0.25, 0.3) is 0 Å². The number of Topliss-reactive ketones (excluding diaryl/α,β-unsaturated/α-hetero) is 2. The van der Waals surface area contributed by atoms with Crippen molar-refractivity contribution in [3.63, 3.8) is 0 Å². The molecule has 1 heterocycles. The molecule has 0 aliphatic carbocycles. The van der Waals surface area contributed by atoms with Gasteiger partial charge in [0.05, 0.1) is 10.9 Å². The first-order valence-corrected chi connectivity index (χ1v) is 7.75. The zero-order chi connectivity index (χ0) is 15.6. The maximum Gasteiger partial charge on any atom is 0.192 e. The summed E-state index contributed by atoms with van der Waals surface area (Å²) in [4.78, 5) is 28.4. The van der Waals surface area contributed by atoms with E-state index in [4.69, 9.17) is 0 Å². The van der Waals surface area contributed by atoms with Crippen molar-refractivity contribution in [3.05, 3.63) is 52.8 Å². The minimum Gasteiger partial charge on any atom is -0.355 e. The zero-order valence-electron chi connectivity index (χ0n) is 12.7. The molecule has 1 aromatic carbocycles. The Morgan fingerprint density at radius 1 is 1.14 bits per heavy atom.